The van der Waals surface area contributed by atoms with Gasteiger partial charge in [0.05, 0.1) is 5.69 Å². The number of nitrogens with zero attached hydrogens (tertiary/aromatic N) is 4. The summed E-state index contributed by atoms with van der Waals surface area (Å²) in [7, 11) is 1.91. The normalized spacial score (nSPS) is 11.1. The SMILES string of the molecule is Cc1ccc(NC(=O)CCc2c(C)nc3c(c(C)nn3C)c2C)nc1. The Morgan fingerprint density at radius 2 is 1.92 bits per heavy atom. The minimum Gasteiger partial charge on any atom is -0.311 e. The number of carbonyl (C=O) groups excluding carboxylic acids is 1. The van der Waals surface area contributed by atoms with Crippen molar-refractivity contribution in [1.29, 1.82) is 0 Å². The Labute approximate surface area is 147 Å². The number of pyridine rings is 2. The van der Waals surface area contributed by atoms with Crippen LogP contribution in [-0.4, -0.2) is 25.7 Å². The molecule has 3 aromatic rings. The Bertz CT molecular complexity index is 941. The summed E-state index contributed by atoms with van der Waals surface area (Å²) in [5.74, 6) is 0.541. The molecule has 3 aromatic heterocycles. The van der Waals surface area contributed by atoms with Gasteiger partial charge in [0.15, 0.2) is 5.65 Å². The van der Waals surface area contributed by atoms with E-state index < -0.39 is 0 Å². The monoisotopic (exact) mass is 337 g/mol. The van der Waals surface area contributed by atoms with Crippen molar-refractivity contribution >= 4 is 22.8 Å². The predicted octanol–water partition coefficient (Wildman–Crippen LogP) is 3.17. The summed E-state index contributed by atoms with van der Waals surface area (Å²) in [6.07, 6.45) is 2.78. The predicted molar refractivity (Wildman–Crippen MR) is 98.6 cm³/mol. The number of amides is 1. The van der Waals surface area contributed by atoms with E-state index in [0.717, 1.165) is 39.1 Å². The van der Waals surface area contributed by atoms with Gasteiger partial charge in [-0.1, -0.05) is 6.07 Å². The van der Waals surface area contributed by atoms with Crippen molar-refractivity contribution in [3.8, 4) is 0 Å². The fraction of sp³-hybridized carbons (Fsp3) is 0.368. The van der Waals surface area contributed by atoms with Crippen molar-refractivity contribution in [1.82, 2.24) is 19.7 Å². The highest BCUT2D eigenvalue weighted by atomic mass is 16.1. The zero-order valence-corrected chi connectivity index (χ0v) is 15.3. The maximum absolute atomic E-state index is 12.2. The molecule has 0 radical (unpaired) electrons. The van der Waals surface area contributed by atoms with Crippen LogP contribution in [0.1, 0.15) is 34.5 Å². The van der Waals surface area contributed by atoms with E-state index >= 15 is 0 Å². The van der Waals surface area contributed by atoms with Crippen molar-refractivity contribution in [2.24, 2.45) is 7.05 Å². The van der Waals surface area contributed by atoms with Crippen molar-refractivity contribution in [2.45, 2.75) is 40.5 Å². The van der Waals surface area contributed by atoms with E-state index in [4.69, 9.17) is 0 Å². The second kappa shape index (κ2) is 6.63. The van der Waals surface area contributed by atoms with E-state index in [0.29, 0.717) is 18.7 Å². The fourth-order valence-electron chi connectivity index (χ4n) is 3.22. The number of aromatic nitrogens is 4. The zero-order chi connectivity index (χ0) is 18.1. The van der Waals surface area contributed by atoms with Crippen LogP contribution >= 0.6 is 0 Å². The Balaban J connectivity index is 1.77. The number of aryl methyl sites for hydroxylation is 5. The smallest absolute Gasteiger partial charge is 0.225 e. The highest BCUT2D eigenvalue weighted by molar-refractivity contribution is 5.90. The van der Waals surface area contributed by atoms with Crippen LogP contribution in [0.2, 0.25) is 0 Å². The van der Waals surface area contributed by atoms with Crippen LogP contribution in [0.15, 0.2) is 18.3 Å². The first kappa shape index (κ1) is 17.1. The zero-order valence-electron chi connectivity index (χ0n) is 15.3. The molecule has 6 heteroatoms. The van der Waals surface area contributed by atoms with E-state index in [1.165, 1.54) is 0 Å². The number of hydrogen-bond donors (Lipinski definition) is 1. The van der Waals surface area contributed by atoms with Crippen LogP contribution in [0.4, 0.5) is 5.82 Å². The fourth-order valence-corrected chi connectivity index (χ4v) is 3.22. The lowest BCUT2D eigenvalue weighted by molar-refractivity contribution is -0.116. The molecule has 1 N–H and O–H groups in total. The number of fused-ring (bicyclic) bond motifs is 1. The van der Waals surface area contributed by atoms with Gasteiger partial charge in [0.2, 0.25) is 5.91 Å². The maximum atomic E-state index is 12.2. The van der Waals surface area contributed by atoms with E-state index in [9.17, 15) is 4.79 Å². The van der Waals surface area contributed by atoms with Crippen LogP contribution in [-0.2, 0) is 18.3 Å². The Morgan fingerprint density at radius 1 is 1.16 bits per heavy atom. The minimum absolute atomic E-state index is 0.0434. The van der Waals surface area contributed by atoms with Gasteiger partial charge < -0.3 is 5.32 Å². The summed E-state index contributed by atoms with van der Waals surface area (Å²) in [5.41, 5.74) is 6.16. The van der Waals surface area contributed by atoms with Crippen LogP contribution < -0.4 is 5.32 Å². The van der Waals surface area contributed by atoms with Gasteiger partial charge in [-0.2, -0.15) is 5.10 Å². The van der Waals surface area contributed by atoms with Crippen molar-refractivity contribution < 1.29 is 4.79 Å². The third-order valence-electron chi connectivity index (χ3n) is 4.51. The molecule has 0 unspecified atom stereocenters. The molecule has 3 heterocycles. The molecule has 25 heavy (non-hydrogen) atoms. The van der Waals surface area contributed by atoms with Crippen LogP contribution in [0, 0.1) is 27.7 Å². The van der Waals surface area contributed by atoms with Gasteiger partial charge in [-0.05, 0) is 56.9 Å². The lowest BCUT2D eigenvalue weighted by Crippen LogP contribution is -2.14. The number of nitrogens with one attached hydrogen (secondary N) is 1. The van der Waals surface area contributed by atoms with E-state index in [1.807, 2.05) is 44.6 Å². The van der Waals surface area contributed by atoms with Gasteiger partial charge >= 0.3 is 0 Å². The molecule has 6 nitrogen and oxygen atoms in total. The molecular formula is C19H23N5O. The minimum atomic E-state index is -0.0434. The first-order chi connectivity index (χ1) is 11.9. The van der Waals surface area contributed by atoms with Gasteiger partial charge in [-0.3, -0.25) is 9.48 Å². The largest absolute Gasteiger partial charge is 0.311 e. The summed E-state index contributed by atoms with van der Waals surface area (Å²) >= 11 is 0. The lowest BCUT2D eigenvalue weighted by Gasteiger charge is -2.11. The Morgan fingerprint density at radius 3 is 2.60 bits per heavy atom. The standard InChI is InChI=1S/C19H23N5O/c1-11-6-8-16(20-10-11)22-17(25)9-7-15-12(2)18-14(4)23-24(5)19(18)21-13(15)3/h6,8,10H,7,9H2,1-5H3,(H,20,22,25). The van der Waals surface area contributed by atoms with Gasteiger partial charge in [0.25, 0.3) is 0 Å². The summed E-state index contributed by atoms with van der Waals surface area (Å²) in [4.78, 5) is 21.1. The molecule has 0 spiro atoms. The molecule has 0 fully saturated rings. The maximum Gasteiger partial charge on any atom is 0.225 e. The second-order valence-electron chi connectivity index (χ2n) is 6.48. The molecule has 130 valence electrons. The first-order valence-electron chi connectivity index (χ1n) is 8.38. The molecule has 0 aliphatic carbocycles. The molecule has 0 bridgehead atoms. The molecule has 1 amide bonds. The van der Waals surface area contributed by atoms with Crippen molar-refractivity contribution in [2.75, 3.05) is 5.32 Å². The topological polar surface area (TPSA) is 72.7 Å². The van der Waals surface area contributed by atoms with Crippen LogP contribution in [0.3, 0.4) is 0 Å². The Kier molecular flexibility index (Phi) is 4.53. The average molecular weight is 337 g/mol. The molecule has 0 aliphatic heterocycles. The highest BCUT2D eigenvalue weighted by Gasteiger charge is 2.16. The van der Waals surface area contributed by atoms with E-state index in [2.05, 4.69) is 27.3 Å². The van der Waals surface area contributed by atoms with Crippen molar-refractivity contribution in [3.05, 3.63) is 46.4 Å². The van der Waals surface area contributed by atoms with Gasteiger partial charge in [0.1, 0.15) is 5.82 Å². The number of hydrogen-bond acceptors (Lipinski definition) is 4. The second-order valence-corrected chi connectivity index (χ2v) is 6.48. The quantitative estimate of drug-likeness (QED) is 0.793. The van der Waals surface area contributed by atoms with E-state index in [1.54, 1.807) is 6.20 Å². The van der Waals surface area contributed by atoms with Crippen LogP contribution in [0.5, 0.6) is 0 Å². The third-order valence-corrected chi connectivity index (χ3v) is 4.51. The van der Waals surface area contributed by atoms with Crippen molar-refractivity contribution in [3.63, 3.8) is 0 Å². The molecule has 0 aliphatic rings. The molecule has 3 rings (SSSR count). The average Bonchev–Trinajstić information content (AvgIpc) is 2.83. The summed E-state index contributed by atoms with van der Waals surface area (Å²) in [6.45, 7) is 8.03. The summed E-state index contributed by atoms with van der Waals surface area (Å²) < 4.78 is 1.81. The third kappa shape index (κ3) is 3.38. The van der Waals surface area contributed by atoms with E-state index in [-0.39, 0.29) is 5.91 Å². The molecular weight excluding hydrogens is 314 g/mol. The number of carbonyl (C=O) groups is 1. The molecule has 0 saturated heterocycles. The summed E-state index contributed by atoms with van der Waals surface area (Å²) in [6, 6.07) is 3.75. The van der Waals surface area contributed by atoms with Crippen LogP contribution in [0.25, 0.3) is 11.0 Å². The van der Waals surface area contributed by atoms with Gasteiger partial charge in [-0.15, -0.1) is 0 Å². The number of anilines is 1. The summed E-state index contributed by atoms with van der Waals surface area (Å²) in [5, 5.41) is 8.39. The molecule has 0 aromatic carbocycles. The first-order valence-corrected chi connectivity index (χ1v) is 8.38. The van der Waals surface area contributed by atoms with Gasteiger partial charge in [-0.25, -0.2) is 9.97 Å². The molecule has 0 atom stereocenters. The number of rotatable bonds is 4. The van der Waals surface area contributed by atoms with Gasteiger partial charge in [0, 0.05) is 30.7 Å². The highest BCUT2D eigenvalue weighted by Crippen LogP contribution is 2.26. The Hall–Kier alpha value is -2.76. The lowest BCUT2D eigenvalue weighted by atomic mass is 9.99. The molecule has 0 saturated carbocycles.